The Morgan fingerprint density at radius 1 is 1.04 bits per heavy atom. The lowest BCUT2D eigenvalue weighted by molar-refractivity contribution is -0.117. The molecule has 3 rings (SSSR count). The van der Waals surface area contributed by atoms with Crippen LogP contribution in [0.3, 0.4) is 0 Å². The molecule has 1 heterocycles. The Kier molecular flexibility index (Phi) is 6.57. The van der Waals surface area contributed by atoms with Crippen LogP contribution in [-0.4, -0.2) is 56.3 Å². The molecule has 1 aliphatic heterocycles. The average molecular weight is 446 g/mol. The Labute approximate surface area is 172 Å². The molecule has 0 bridgehead atoms. The van der Waals surface area contributed by atoms with E-state index in [-0.39, 0.29) is 30.4 Å². The van der Waals surface area contributed by atoms with E-state index in [9.17, 15) is 17.6 Å². The van der Waals surface area contributed by atoms with Crippen molar-refractivity contribution in [1.29, 1.82) is 0 Å². The van der Waals surface area contributed by atoms with Crippen molar-refractivity contribution in [3.8, 4) is 0 Å². The zero-order chi connectivity index (χ0) is 20.3. The summed E-state index contributed by atoms with van der Waals surface area (Å²) in [5, 5.41) is 3.55. The quantitative estimate of drug-likeness (QED) is 0.767. The number of benzene rings is 2. The third-order valence-corrected chi connectivity index (χ3v) is 6.83. The highest BCUT2D eigenvalue weighted by Crippen LogP contribution is 2.25. The van der Waals surface area contributed by atoms with Gasteiger partial charge in [-0.15, -0.1) is 0 Å². The van der Waals surface area contributed by atoms with Crippen LogP contribution in [0.5, 0.6) is 0 Å². The van der Waals surface area contributed by atoms with E-state index in [1.54, 1.807) is 18.2 Å². The van der Waals surface area contributed by atoms with Crippen molar-refractivity contribution in [3.05, 3.63) is 58.3 Å². The molecular weight excluding hydrogens is 428 g/mol. The maximum atomic E-state index is 13.0. The fourth-order valence-electron chi connectivity index (χ4n) is 2.87. The normalized spacial score (nSPS) is 16.1. The van der Waals surface area contributed by atoms with E-state index in [4.69, 9.17) is 23.2 Å². The number of halogens is 3. The second kappa shape index (κ2) is 8.75. The van der Waals surface area contributed by atoms with Crippen LogP contribution < -0.4 is 5.32 Å². The summed E-state index contributed by atoms with van der Waals surface area (Å²) in [7, 11) is -3.68. The summed E-state index contributed by atoms with van der Waals surface area (Å²) >= 11 is 11.9. The van der Waals surface area contributed by atoms with E-state index in [0.717, 1.165) is 12.1 Å². The molecule has 6 nitrogen and oxygen atoms in total. The number of rotatable bonds is 5. The molecule has 1 amide bonds. The van der Waals surface area contributed by atoms with Crippen LogP contribution in [0.4, 0.5) is 10.1 Å². The minimum Gasteiger partial charge on any atom is -0.324 e. The van der Waals surface area contributed by atoms with Crippen LogP contribution in [0.15, 0.2) is 47.4 Å². The van der Waals surface area contributed by atoms with Gasteiger partial charge in [-0.1, -0.05) is 23.2 Å². The third kappa shape index (κ3) is 5.01. The molecule has 2 aromatic rings. The molecular formula is C18H18Cl2FN3O3S. The summed E-state index contributed by atoms with van der Waals surface area (Å²) < 4.78 is 39.6. The van der Waals surface area contributed by atoms with Gasteiger partial charge in [-0.2, -0.15) is 4.31 Å². The first-order valence-corrected chi connectivity index (χ1v) is 10.7. The molecule has 0 atom stereocenters. The average Bonchev–Trinajstić information content (AvgIpc) is 2.65. The van der Waals surface area contributed by atoms with Crippen molar-refractivity contribution in [2.75, 3.05) is 38.0 Å². The fraction of sp³-hybridized carbons (Fsp3) is 0.278. The van der Waals surface area contributed by atoms with Crippen LogP contribution in [-0.2, 0) is 14.8 Å². The molecule has 0 aliphatic carbocycles. The van der Waals surface area contributed by atoms with Gasteiger partial charge in [-0.05, 0) is 42.5 Å². The zero-order valence-corrected chi connectivity index (χ0v) is 17.1. The maximum Gasteiger partial charge on any atom is 0.243 e. The third-order valence-electron chi connectivity index (χ3n) is 4.35. The van der Waals surface area contributed by atoms with Crippen molar-refractivity contribution in [2.45, 2.75) is 4.90 Å². The van der Waals surface area contributed by atoms with Gasteiger partial charge >= 0.3 is 0 Å². The van der Waals surface area contributed by atoms with Crippen molar-refractivity contribution in [2.24, 2.45) is 0 Å². The van der Waals surface area contributed by atoms with E-state index in [1.807, 2.05) is 4.90 Å². The molecule has 10 heteroatoms. The lowest BCUT2D eigenvalue weighted by Crippen LogP contribution is -2.50. The highest BCUT2D eigenvalue weighted by atomic mass is 35.5. The summed E-state index contributed by atoms with van der Waals surface area (Å²) in [6.45, 7) is 1.39. The number of carbonyl (C=O) groups is 1. The number of piperazine rings is 1. The molecule has 1 fully saturated rings. The molecule has 1 aliphatic rings. The standard InChI is InChI=1S/C18H18Cl2FN3O3S/c19-13-1-6-16(20)17(11-13)22-18(25)12-23-7-9-24(10-8-23)28(26,27)15-4-2-14(21)3-5-15/h1-6,11H,7-10,12H2,(H,22,25). The molecule has 0 spiro atoms. The molecule has 28 heavy (non-hydrogen) atoms. The Morgan fingerprint density at radius 3 is 2.32 bits per heavy atom. The van der Waals surface area contributed by atoms with Gasteiger partial charge in [0.15, 0.2) is 0 Å². The molecule has 2 aromatic carbocycles. The van der Waals surface area contributed by atoms with Crippen molar-refractivity contribution in [3.63, 3.8) is 0 Å². The van der Waals surface area contributed by atoms with Gasteiger partial charge in [0, 0.05) is 31.2 Å². The predicted molar refractivity (Wildman–Crippen MR) is 107 cm³/mol. The maximum absolute atomic E-state index is 13.0. The van der Waals surface area contributed by atoms with Gasteiger partial charge in [0.05, 0.1) is 22.2 Å². The van der Waals surface area contributed by atoms with E-state index in [0.29, 0.717) is 28.8 Å². The minimum absolute atomic E-state index is 0.0516. The first-order chi connectivity index (χ1) is 13.3. The summed E-state index contributed by atoms with van der Waals surface area (Å²) in [5.74, 6) is -0.756. The molecule has 0 radical (unpaired) electrons. The number of amides is 1. The van der Waals surface area contributed by atoms with Gasteiger partial charge in [-0.25, -0.2) is 12.8 Å². The molecule has 1 saturated heterocycles. The first-order valence-electron chi connectivity index (χ1n) is 8.49. The second-order valence-corrected chi connectivity index (χ2v) is 9.09. The Hall–Kier alpha value is -1.71. The highest BCUT2D eigenvalue weighted by Gasteiger charge is 2.29. The first kappa shape index (κ1) is 21.0. The fourth-order valence-corrected chi connectivity index (χ4v) is 4.63. The van der Waals surface area contributed by atoms with Crippen LogP contribution in [0.1, 0.15) is 0 Å². The molecule has 1 N–H and O–H groups in total. The van der Waals surface area contributed by atoms with Crippen molar-refractivity contribution < 1.29 is 17.6 Å². The highest BCUT2D eigenvalue weighted by molar-refractivity contribution is 7.89. The Balaban J connectivity index is 1.55. The van der Waals surface area contributed by atoms with Crippen LogP contribution in [0.25, 0.3) is 0 Å². The van der Waals surface area contributed by atoms with Gasteiger partial charge in [0.2, 0.25) is 15.9 Å². The summed E-state index contributed by atoms with van der Waals surface area (Å²) in [6.07, 6.45) is 0. The zero-order valence-electron chi connectivity index (χ0n) is 14.7. The number of nitrogens with zero attached hydrogens (tertiary/aromatic N) is 2. The topological polar surface area (TPSA) is 69.7 Å². The lowest BCUT2D eigenvalue weighted by atomic mass is 10.3. The number of hydrogen-bond acceptors (Lipinski definition) is 4. The van der Waals surface area contributed by atoms with Crippen LogP contribution in [0.2, 0.25) is 10.0 Å². The lowest BCUT2D eigenvalue weighted by Gasteiger charge is -2.33. The molecule has 0 unspecified atom stereocenters. The van der Waals surface area contributed by atoms with E-state index in [1.165, 1.54) is 16.4 Å². The minimum atomic E-state index is -3.68. The number of anilines is 1. The number of sulfonamides is 1. The Bertz CT molecular complexity index is 963. The van der Waals surface area contributed by atoms with Crippen LogP contribution >= 0.6 is 23.2 Å². The van der Waals surface area contributed by atoms with Crippen molar-refractivity contribution in [1.82, 2.24) is 9.21 Å². The number of carbonyl (C=O) groups excluding carboxylic acids is 1. The second-order valence-electron chi connectivity index (χ2n) is 6.31. The predicted octanol–water partition coefficient (Wildman–Crippen LogP) is 3.08. The van der Waals surface area contributed by atoms with Gasteiger partial charge in [0.25, 0.3) is 0 Å². The van der Waals surface area contributed by atoms with E-state index >= 15 is 0 Å². The van der Waals surface area contributed by atoms with Crippen molar-refractivity contribution >= 4 is 44.8 Å². The van der Waals surface area contributed by atoms with Gasteiger partial charge in [-0.3, -0.25) is 9.69 Å². The van der Waals surface area contributed by atoms with E-state index in [2.05, 4.69) is 5.32 Å². The Morgan fingerprint density at radius 2 is 1.68 bits per heavy atom. The van der Waals surface area contributed by atoms with Gasteiger partial charge < -0.3 is 5.32 Å². The largest absolute Gasteiger partial charge is 0.324 e. The monoisotopic (exact) mass is 445 g/mol. The molecule has 0 aromatic heterocycles. The molecule has 0 saturated carbocycles. The molecule has 150 valence electrons. The summed E-state index contributed by atoms with van der Waals surface area (Å²) in [6, 6.07) is 9.52. The summed E-state index contributed by atoms with van der Waals surface area (Å²) in [5.41, 5.74) is 0.427. The number of nitrogens with one attached hydrogen (secondary N) is 1. The smallest absolute Gasteiger partial charge is 0.243 e. The SMILES string of the molecule is O=C(CN1CCN(S(=O)(=O)c2ccc(F)cc2)CC1)Nc1cc(Cl)ccc1Cl. The van der Waals surface area contributed by atoms with Crippen LogP contribution in [0, 0.1) is 5.82 Å². The van der Waals surface area contributed by atoms with Gasteiger partial charge in [0.1, 0.15) is 5.82 Å². The number of hydrogen-bond donors (Lipinski definition) is 1. The van der Waals surface area contributed by atoms with E-state index < -0.39 is 15.8 Å². The summed E-state index contributed by atoms with van der Waals surface area (Å²) in [4.78, 5) is 14.2.